The van der Waals surface area contributed by atoms with Crippen LogP contribution in [0.2, 0.25) is 0 Å². The van der Waals surface area contributed by atoms with Crippen LogP contribution in [0.25, 0.3) is 0 Å². The van der Waals surface area contributed by atoms with E-state index in [1.54, 1.807) is 0 Å². The van der Waals surface area contributed by atoms with Crippen LogP contribution in [0.1, 0.15) is 18.4 Å². The van der Waals surface area contributed by atoms with Gasteiger partial charge in [0.05, 0.1) is 5.75 Å². The first kappa shape index (κ1) is 11.7. The van der Waals surface area contributed by atoms with Crippen LogP contribution in [0.3, 0.4) is 0 Å². The van der Waals surface area contributed by atoms with Crippen LogP contribution in [-0.4, -0.2) is 20.4 Å². The number of halogens is 1. The van der Waals surface area contributed by atoms with E-state index in [0.29, 0.717) is 0 Å². The summed E-state index contributed by atoms with van der Waals surface area (Å²) in [7, 11) is -2.89. The Morgan fingerprint density at radius 1 is 1.29 bits per heavy atom. The Morgan fingerprint density at radius 3 is 2.21 bits per heavy atom. The van der Waals surface area contributed by atoms with E-state index >= 15 is 0 Å². The van der Waals surface area contributed by atoms with Crippen LogP contribution >= 0.6 is 15.9 Å². The second-order valence-corrected chi connectivity index (χ2v) is 6.65. The highest BCUT2D eigenvalue weighted by Crippen LogP contribution is 2.19. The van der Waals surface area contributed by atoms with Crippen molar-refractivity contribution >= 4 is 25.8 Å². The first-order valence-electron chi connectivity index (χ1n) is 4.31. The Morgan fingerprint density at radius 2 is 1.79 bits per heavy atom. The summed E-state index contributed by atoms with van der Waals surface area (Å²) in [5.41, 5.74) is 1.05. The number of hydrogen-bond acceptors (Lipinski definition) is 2. The third kappa shape index (κ3) is 3.80. The lowest BCUT2D eigenvalue weighted by molar-refractivity contribution is 0.596. The first-order valence-corrected chi connectivity index (χ1v) is 7.17. The molecule has 0 radical (unpaired) electrons. The molecule has 0 spiro atoms. The van der Waals surface area contributed by atoms with Gasteiger partial charge in [0.1, 0.15) is 9.84 Å². The Balaban J connectivity index is 2.80. The zero-order chi connectivity index (χ0) is 10.8. The van der Waals surface area contributed by atoms with Gasteiger partial charge in [-0.1, -0.05) is 35.0 Å². The Kier molecular flexibility index (Phi) is 3.72. The summed E-state index contributed by atoms with van der Waals surface area (Å²) in [5.74, 6) is 0.257. The molecule has 0 amide bonds. The minimum atomic E-state index is -2.89. The van der Waals surface area contributed by atoms with Gasteiger partial charge >= 0.3 is 0 Å². The van der Waals surface area contributed by atoms with Crippen LogP contribution in [0, 0.1) is 0 Å². The molecule has 0 N–H and O–H groups in total. The fourth-order valence-corrected chi connectivity index (χ4v) is 2.71. The van der Waals surface area contributed by atoms with E-state index in [9.17, 15) is 8.42 Å². The van der Waals surface area contributed by atoms with Crippen LogP contribution < -0.4 is 0 Å². The van der Waals surface area contributed by atoms with E-state index in [4.69, 9.17) is 0 Å². The van der Waals surface area contributed by atoms with Crippen molar-refractivity contribution in [3.05, 3.63) is 34.3 Å². The summed E-state index contributed by atoms with van der Waals surface area (Å²) in [5, 5.41) is 0. The fraction of sp³-hybridized carbons (Fsp3) is 0.400. The van der Waals surface area contributed by atoms with Crippen molar-refractivity contribution in [3.63, 3.8) is 0 Å². The van der Waals surface area contributed by atoms with Crippen molar-refractivity contribution in [1.29, 1.82) is 0 Å². The lowest BCUT2D eigenvalue weighted by Crippen LogP contribution is -2.10. The van der Waals surface area contributed by atoms with Crippen molar-refractivity contribution in [2.45, 2.75) is 12.8 Å². The van der Waals surface area contributed by atoms with Gasteiger partial charge in [0.15, 0.2) is 0 Å². The van der Waals surface area contributed by atoms with Gasteiger partial charge in [-0.25, -0.2) is 8.42 Å². The van der Waals surface area contributed by atoms with Gasteiger partial charge in [0, 0.05) is 10.7 Å². The lowest BCUT2D eigenvalue weighted by Gasteiger charge is -2.10. The standard InChI is InChI=1S/C10H13BrO2S/c1-8(7-14(2,12)13)9-3-5-10(11)6-4-9/h3-6,8H,7H2,1-2H3/t8-/m0/s1. The third-order valence-corrected chi connectivity index (χ3v) is 3.63. The predicted octanol–water partition coefficient (Wildman–Crippen LogP) is 2.60. The molecule has 0 heterocycles. The number of rotatable bonds is 3. The summed E-state index contributed by atoms with van der Waals surface area (Å²) in [6.45, 7) is 1.92. The highest BCUT2D eigenvalue weighted by atomic mass is 79.9. The molecule has 0 saturated carbocycles. The second-order valence-electron chi connectivity index (χ2n) is 3.55. The van der Waals surface area contributed by atoms with Gasteiger partial charge in [0.25, 0.3) is 0 Å². The molecule has 1 atom stereocenters. The molecule has 2 nitrogen and oxygen atoms in total. The Hall–Kier alpha value is -0.350. The zero-order valence-corrected chi connectivity index (χ0v) is 10.6. The average Bonchev–Trinajstić information content (AvgIpc) is 2.02. The van der Waals surface area contributed by atoms with E-state index in [1.165, 1.54) is 6.26 Å². The van der Waals surface area contributed by atoms with E-state index in [0.717, 1.165) is 10.0 Å². The topological polar surface area (TPSA) is 34.1 Å². The summed E-state index contributed by atoms with van der Waals surface area (Å²) in [4.78, 5) is 0. The van der Waals surface area contributed by atoms with Crippen LogP contribution in [0.15, 0.2) is 28.7 Å². The molecule has 0 aromatic heterocycles. The highest BCUT2D eigenvalue weighted by Gasteiger charge is 2.11. The molecule has 0 fully saturated rings. The molecular weight excluding hydrogens is 264 g/mol. The monoisotopic (exact) mass is 276 g/mol. The number of sulfone groups is 1. The molecule has 4 heteroatoms. The maximum Gasteiger partial charge on any atom is 0.148 e. The summed E-state index contributed by atoms with van der Waals surface area (Å²) >= 11 is 3.34. The summed E-state index contributed by atoms with van der Waals surface area (Å²) in [6.07, 6.45) is 1.27. The molecule has 0 bridgehead atoms. The second kappa shape index (κ2) is 4.45. The van der Waals surface area contributed by atoms with Crippen LogP contribution in [0.5, 0.6) is 0 Å². The maximum absolute atomic E-state index is 11.1. The SMILES string of the molecule is C[C@@H](CS(C)(=O)=O)c1ccc(Br)cc1. The van der Waals surface area contributed by atoms with E-state index < -0.39 is 9.84 Å². The van der Waals surface area contributed by atoms with E-state index in [-0.39, 0.29) is 11.7 Å². The molecule has 78 valence electrons. The Bertz CT molecular complexity index is 395. The van der Waals surface area contributed by atoms with Gasteiger partial charge < -0.3 is 0 Å². The first-order chi connectivity index (χ1) is 6.38. The van der Waals surface area contributed by atoms with Gasteiger partial charge in [-0.2, -0.15) is 0 Å². The predicted molar refractivity (Wildman–Crippen MR) is 62.3 cm³/mol. The largest absolute Gasteiger partial charge is 0.229 e. The van der Waals surface area contributed by atoms with Crippen LogP contribution in [-0.2, 0) is 9.84 Å². The van der Waals surface area contributed by atoms with E-state index in [1.807, 2.05) is 31.2 Å². The number of benzene rings is 1. The molecule has 1 aromatic rings. The minimum Gasteiger partial charge on any atom is -0.229 e. The Labute approximate surface area is 93.4 Å². The van der Waals surface area contributed by atoms with Gasteiger partial charge in [-0.3, -0.25) is 0 Å². The molecule has 0 aliphatic carbocycles. The van der Waals surface area contributed by atoms with Crippen LogP contribution in [0.4, 0.5) is 0 Å². The maximum atomic E-state index is 11.1. The highest BCUT2D eigenvalue weighted by molar-refractivity contribution is 9.10. The molecule has 0 saturated heterocycles. The number of hydrogen-bond donors (Lipinski definition) is 0. The summed E-state index contributed by atoms with van der Waals surface area (Å²) in [6, 6.07) is 7.74. The minimum absolute atomic E-state index is 0.0538. The fourth-order valence-electron chi connectivity index (χ4n) is 1.34. The van der Waals surface area contributed by atoms with E-state index in [2.05, 4.69) is 15.9 Å². The van der Waals surface area contributed by atoms with Crippen molar-refractivity contribution in [3.8, 4) is 0 Å². The lowest BCUT2D eigenvalue weighted by atomic mass is 10.0. The van der Waals surface area contributed by atoms with Gasteiger partial charge in [0.2, 0.25) is 0 Å². The van der Waals surface area contributed by atoms with Crippen molar-refractivity contribution < 1.29 is 8.42 Å². The molecule has 0 aliphatic heterocycles. The van der Waals surface area contributed by atoms with Crippen molar-refractivity contribution in [1.82, 2.24) is 0 Å². The van der Waals surface area contributed by atoms with Gasteiger partial charge in [-0.05, 0) is 23.6 Å². The quantitative estimate of drug-likeness (QED) is 0.851. The molecular formula is C10H13BrO2S. The van der Waals surface area contributed by atoms with Gasteiger partial charge in [-0.15, -0.1) is 0 Å². The molecule has 1 rings (SSSR count). The molecule has 1 aromatic carbocycles. The van der Waals surface area contributed by atoms with Crippen molar-refractivity contribution in [2.75, 3.05) is 12.0 Å². The van der Waals surface area contributed by atoms with Crippen molar-refractivity contribution in [2.24, 2.45) is 0 Å². The molecule has 0 unspecified atom stereocenters. The average molecular weight is 277 g/mol. The molecule has 14 heavy (non-hydrogen) atoms. The summed E-state index contributed by atoms with van der Waals surface area (Å²) < 4.78 is 23.2. The zero-order valence-electron chi connectivity index (χ0n) is 8.20. The third-order valence-electron chi connectivity index (χ3n) is 1.99. The molecule has 0 aliphatic rings. The normalized spacial score (nSPS) is 13.9. The smallest absolute Gasteiger partial charge is 0.148 e.